The van der Waals surface area contributed by atoms with E-state index in [1.54, 1.807) is 24.3 Å². The minimum atomic E-state index is -3.45. The van der Waals surface area contributed by atoms with Crippen LogP contribution in [0.25, 0.3) is 0 Å². The molecule has 2 atom stereocenters. The molecule has 0 heterocycles. The third-order valence-electron chi connectivity index (χ3n) is 4.03. The largest absolute Gasteiger partial charge is 0.399 e. The Morgan fingerprint density at radius 3 is 2.67 bits per heavy atom. The van der Waals surface area contributed by atoms with E-state index in [-0.39, 0.29) is 12.3 Å². The topological polar surface area (TPSA) is 92.4 Å². The van der Waals surface area contributed by atoms with Gasteiger partial charge in [-0.2, -0.15) is 0 Å². The van der Waals surface area contributed by atoms with Crippen LogP contribution in [0.4, 0.5) is 5.69 Å². The highest BCUT2D eigenvalue weighted by atomic mass is 32.2. The van der Waals surface area contributed by atoms with Crippen molar-refractivity contribution in [1.82, 2.24) is 4.72 Å². The van der Waals surface area contributed by atoms with E-state index in [0.29, 0.717) is 30.0 Å². The van der Waals surface area contributed by atoms with Gasteiger partial charge in [-0.1, -0.05) is 31.9 Å². The van der Waals surface area contributed by atoms with Crippen LogP contribution in [0.2, 0.25) is 0 Å². The van der Waals surface area contributed by atoms with E-state index in [2.05, 4.69) is 11.6 Å². The predicted molar refractivity (Wildman–Crippen MR) is 84.1 cm³/mol. The van der Waals surface area contributed by atoms with E-state index in [4.69, 9.17) is 5.73 Å². The summed E-state index contributed by atoms with van der Waals surface area (Å²) >= 11 is 0. The maximum atomic E-state index is 12.1. The van der Waals surface area contributed by atoms with Crippen molar-refractivity contribution in [2.24, 2.45) is 5.92 Å². The molecule has 2 unspecified atom stereocenters. The normalized spacial score (nSPS) is 26.7. The molecule has 0 amide bonds. The van der Waals surface area contributed by atoms with E-state index in [9.17, 15) is 13.5 Å². The molecular formula is C15H24N2O3S. The molecule has 1 aromatic carbocycles. The quantitative estimate of drug-likeness (QED) is 0.721. The van der Waals surface area contributed by atoms with Gasteiger partial charge < -0.3 is 10.8 Å². The van der Waals surface area contributed by atoms with Crippen molar-refractivity contribution in [3.05, 3.63) is 29.8 Å². The molecule has 0 bridgehead atoms. The highest BCUT2D eigenvalue weighted by Gasteiger charge is 2.33. The molecule has 0 aromatic heterocycles. The van der Waals surface area contributed by atoms with Gasteiger partial charge in [0, 0.05) is 12.2 Å². The van der Waals surface area contributed by atoms with Gasteiger partial charge in [0.25, 0.3) is 0 Å². The number of benzene rings is 1. The molecule has 21 heavy (non-hydrogen) atoms. The lowest BCUT2D eigenvalue weighted by Gasteiger charge is -2.35. The summed E-state index contributed by atoms with van der Waals surface area (Å²) in [6.07, 6.45) is 3.34. The zero-order chi connectivity index (χ0) is 15.5. The van der Waals surface area contributed by atoms with Crippen LogP contribution in [0.15, 0.2) is 24.3 Å². The second kappa shape index (κ2) is 6.34. The summed E-state index contributed by atoms with van der Waals surface area (Å²) in [5, 5.41) is 10.5. The summed E-state index contributed by atoms with van der Waals surface area (Å²) in [6, 6.07) is 6.76. The fourth-order valence-electron chi connectivity index (χ4n) is 2.92. The zero-order valence-electron chi connectivity index (χ0n) is 12.4. The monoisotopic (exact) mass is 312 g/mol. The number of aliphatic hydroxyl groups is 1. The van der Waals surface area contributed by atoms with Crippen LogP contribution in [0.1, 0.15) is 38.2 Å². The molecule has 1 aliphatic carbocycles. The number of sulfonamides is 1. The van der Waals surface area contributed by atoms with E-state index in [1.807, 2.05) is 0 Å². The Balaban J connectivity index is 1.93. The number of hydrogen-bond donors (Lipinski definition) is 3. The molecule has 0 saturated heterocycles. The Kier molecular flexibility index (Phi) is 4.91. The molecule has 2 rings (SSSR count). The third-order valence-corrected chi connectivity index (χ3v) is 5.32. The second-order valence-corrected chi connectivity index (χ2v) is 8.05. The lowest BCUT2D eigenvalue weighted by molar-refractivity contribution is -0.00752. The van der Waals surface area contributed by atoms with Crippen molar-refractivity contribution in [3.8, 4) is 0 Å². The summed E-state index contributed by atoms with van der Waals surface area (Å²) in [4.78, 5) is 0. The first kappa shape index (κ1) is 16.3. The molecule has 4 N–H and O–H groups in total. The first-order chi connectivity index (χ1) is 9.78. The highest BCUT2D eigenvalue weighted by molar-refractivity contribution is 7.88. The van der Waals surface area contributed by atoms with Crippen molar-refractivity contribution in [2.75, 3.05) is 12.3 Å². The van der Waals surface area contributed by atoms with Gasteiger partial charge in [-0.05, 0) is 36.5 Å². The second-order valence-electron chi connectivity index (χ2n) is 6.25. The van der Waals surface area contributed by atoms with Crippen LogP contribution in [-0.4, -0.2) is 25.7 Å². The molecular weight excluding hydrogens is 288 g/mol. The molecule has 6 heteroatoms. The van der Waals surface area contributed by atoms with Gasteiger partial charge in [0.05, 0.1) is 11.4 Å². The fraction of sp³-hybridized carbons (Fsp3) is 0.600. The Morgan fingerprint density at radius 1 is 1.38 bits per heavy atom. The van der Waals surface area contributed by atoms with Gasteiger partial charge in [0.1, 0.15) is 0 Å². The summed E-state index contributed by atoms with van der Waals surface area (Å²) < 4.78 is 26.7. The molecule has 1 aliphatic rings. The zero-order valence-corrected chi connectivity index (χ0v) is 13.2. The van der Waals surface area contributed by atoms with E-state index < -0.39 is 15.6 Å². The maximum absolute atomic E-state index is 12.1. The lowest BCUT2D eigenvalue weighted by Crippen LogP contribution is -2.46. The summed E-state index contributed by atoms with van der Waals surface area (Å²) in [7, 11) is -3.45. The molecule has 0 radical (unpaired) electrons. The molecule has 0 aliphatic heterocycles. The summed E-state index contributed by atoms with van der Waals surface area (Å²) in [5.74, 6) is 0.337. The Hall–Kier alpha value is -1.11. The lowest BCUT2D eigenvalue weighted by atomic mass is 9.79. The van der Waals surface area contributed by atoms with Gasteiger partial charge in [0.15, 0.2) is 0 Å². The number of nitrogen functional groups attached to an aromatic ring is 1. The molecule has 1 saturated carbocycles. The number of rotatable bonds is 5. The van der Waals surface area contributed by atoms with Crippen LogP contribution in [0.3, 0.4) is 0 Å². The number of nitrogens with one attached hydrogen (secondary N) is 1. The first-order valence-electron chi connectivity index (χ1n) is 7.32. The Morgan fingerprint density at radius 2 is 2.05 bits per heavy atom. The van der Waals surface area contributed by atoms with Crippen LogP contribution >= 0.6 is 0 Å². The SMILES string of the molecule is CC1CCCC(O)(CNS(=O)(=O)Cc2ccc(N)cc2)C1. The maximum Gasteiger partial charge on any atom is 0.215 e. The Bertz CT molecular complexity index is 571. The van der Waals surface area contributed by atoms with Crippen molar-refractivity contribution in [2.45, 2.75) is 44.0 Å². The van der Waals surface area contributed by atoms with Gasteiger partial charge in [-0.3, -0.25) is 0 Å². The van der Waals surface area contributed by atoms with Crippen LogP contribution < -0.4 is 10.5 Å². The molecule has 1 aromatic rings. The number of nitrogens with two attached hydrogens (primary N) is 1. The van der Waals surface area contributed by atoms with Crippen molar-refractivity contribution < 1.29 is 13.5 Å². The van der Waals surface area contributed by atoms with Crippen molar-refractivity contribution in [3.63, 3.8) is 0 Å². The average molecular weight is 312 g/mol. The average Bonchev–Trinajstić information content (AvgIpc) is 2.39. The number of hydrogen-bond acceptors (Lipinski definition) is 4. The minimum Gasteiger partial charge on any atom is -0.399 e. The third kappa shape index (κ3) is 4.98. The molecule has 1 fully saturated rings. The van der Waals surface area contributed by atoms with Crippen molar-refractivity contribution >= 4 is 15.7 Å². The van der Waals surface area contributed by atoms with Crippen molar-refractivity contribution in [1.29, 1.82) is 0 Å². The minimum absolute atomic E-state index is 0.0919. The van der Waals surface area contributed by atoms with Gasteiger partial charge >= 0.3 is 0 Å². The van der Waals surface area contributed by atoms with E-state index in [1.165, 1.54) is 0 Å². The van der Waals surface area contributed by atoms with Crippen LogP contribution in [0.5, 0.6) is 0 Å². The van der Waals surface area contributed by atoms with Crippen LogP contribution in [0, 0.1) is 5.92 Å². The Labute approximate surface area is 126 Å². The fourth-order valence-corrected chi connectivity index (χ4v) is 4.14. The van der Waals surface area contributed by atoms with Gasteiger partial charge in [-0.25, -0.2) is 13.1 Å². The first-order valence-corrected chi connectivity index (χ1v) is 8.97. The van der Waals surface area contributed by atoms with Crippen LogP contribution in [-0.2, 0) is 15.8 Å². The summed E-state index contributed by atoms with van der Waals surface area (Å²) in [6.45, 7) is 2.18. The molecule has 118 valence electrons. The molecule has 5 nitrogen and oxygen atoms in total. The highest BCUT2D eigenvalue weighted by Crippen LogP contribution is 2.31. The molecule has 0 spiro atoms. The van der Waals surface area contributed by atoms with Gasteiger partial charge in [-0.15, -0.1) is 0 Å². The standard InChI is InChI=1S/C15H24N2O3S/c1-12-3-2-8-15(18,9-12)11-17-21(19,20)10-13-4-6-14(16)7-5-13/h4-7,12,17-18H,2-3,8-11,16H2,1H3. The summed E-state index contributed by atoms with van der Waals surface area (Å²) in [5.41, 5.74) is 5.96. The predicted octanol–water partition coefficient (Wildman–Crippen LogP) is 1.63. The number of anilines is 1. The van der Waals surface area contributed by atoms with E-state index >= 15 is 0 Å². The van der Waals surface area contributed by atoms with Gasteiger partial charge in [0.2, 0.25) is 10.0 Å². The van der Waals surface area contributed by atoms with E-state index in [0.717, 1.165) is 12.8 Å². The smallest absolute Gasteiger partial charge is 0.215 e.